The van der Waals surface area contributed by atoms with Gasteiger partial charge in [-0.05, 0) is 44.9 Å². The lowest BCUT2D eigenvalue weighted by Crippen LogP contribution is -2.60. The maximum Gasteiger partial charge on any atom is 0.329 e. The van der Waals surface area contributed by atoms with Crippen molar-refractivity contribution in [3.63, 3.8) is 0 Å². The van der Waals surface area contributed by atoms with Crippen molar-refractivity contribution in [1.29, 1.82) is 0 Å². The molecule has 1 saturated carbocycles. The molecule has 1 aliphatic carbocycles. The Morgan fingerprint density at radius 1 is 1.29 bits per heavy atom. The second-order valence-corrected chi connectivity index (χ2v) is 6.58. The van der Waals surface area contributed by atoms with Crippen LogP contribution in [0.3, 0.4) is 0 Å². The van der Waals surface area contributed by atoms with Crippen LogP contribution in [-0.4, -0.2) is 41.9 Å². The predicted octanol–water partition coefficient (Wildman–Crippen LogP) is 1.74. The number of amides is 2. The summed E-state index contributed by atoms with van der Waals surface area (Å²) in [4.78, 5) is 23.7. The number of rotatable bonds is 4. The fraction of sp³-hybridized carbons (Fsp3) is 0.867. The van der Waals surface area contributed by atoms with Crippen LogP contribution in [0.5, 0.6) is 0 Å². The predicted molar refractivity (Wildman–Crippen MR) is 78.1 cm³/mol. The normalized spacial score (nSPS) is 34.2. The second kappa shape index (κ2) is 6.64. The van der Waals surface area contributed by atoms with E-state index < -0.39 is 11.5 Å². The van der Waals surface area contributed by atoms with E-state index in [4.69, 9.17) is 4.74 Å². The van der Waals surface area contributed by atoms with Crippen molar-refractivity contribution in [2.24, 2.45) is 11.8 Å². The van der Waals surface area contributed by atoms with Crippen LogP contribution in [0.4, 0.5) is 4.79 Å². The van der Waals surface area contributed by atoms with Gasteiger partial charge in [0.2, 0.25) is 0 Å². The number of hydrogen-bond acceptors (Lipinski definition) is 3. The average Bonchev–Trinajstić information content (AvgIpc) is 2.95. The van der Waals surface area contributed by atoms with Crippen LogP contribution in [0, 0.1) is 11.8 Å². The quantitative estimate of drug-likeness (QED) is 0.738. The van der Waals surface area contributed by atoms with Crippen molar-refractivity contribution >= 4 is 12.0 Å². The highest BCUT2D eigenvalue weighted by Gasteiger charge is 2.42. The van der Waals surface area contributed by atoms with E-state index in [0.717, 1.165) is 25.9 Å². The molecule has 2 rings (SSSR count). The molecule has 0 aromatic carbocycles. The maximum absolute atomic E-state index is 12.1. The van der Waals surface area contributed by atoms with Gasteiger partial charge < -0.3 is 20.5 Å². The molecule has 0 bridgehead atoms. The molecular formula is C15H26N2O4. The molecular weight excluding hydrogens is 272 g/mol. The van der Waals surface area contributed by atoms with Gasteiger partial charge in [0.1, 0.15) is 5.54 Å². The van der Waals surface area contributed by atoms with Crippen LogP contribution in [0.2, 0.25) is 0 Å². The summed E-state index contributed by atoms with van der Waals surface area (Å²) in [7, 11) is 0. The molecule has 1 saturated heterocycles. The lowest BCUT2D eigenvalue weighted by Gasteiger charge is -2.36. The second-order valence-electron chi connectivity index (χ2n) is 6.58. The van der Waals surface area contributed by atoms with Gasteiger partial charge in [-0.15, -0.1) is 0 Å². The first-order valence-corrected chi connectivity index (χ1v) is 7.83. The minimum absolute atomic E-state index is 0.0131. The highest BCUT2D eigenvalue weighted by molar-refractivity contribution is 5.86. The van der Waals surface area contributed by atoms with Crippen molar-refractivity contribution < 1.29 is 19.4 Å². The fourth-order valence-electron chi connectivity index (χ4n) is 3.17. The van der Waals surface area contributed by atoms with Gasteiger partial charge in [0.05, 0.1) is 6.61 Å². The van der Waals surface area contributed by atoms with E-state index in [2.05, 4.69) is 17.6 Å². The summed E-state index contributed by atoms with van der Waals surface area (Å²) < 4.78 is 5.31. The summed E-state index contributed by atoms with van der Waals surface area (Å²) in [6.45, 7) is 5.45. The zero-order valence-corrected chi connectivity index (χ0v) is 12.9. The minimum atomic E-state index is -1.11. The average molecular weight is 298 g/mol. The Balaban J connectivity index is 1.90. The molecule has 21 heavy (non-hydrogen) atoms. The van der Waals surface area contributed by atoms with Crippen LogP contribution in [0.25, 0.3) is 0 Å². The maximum atomic E-state index is 12.1. The van der Waals surface area contributed by atoms with Crippen LogP contribution in [0.15, 0.2) is 0 Å². The van der Waals surface area contributed by atoms with E-state index in [1.54, 1.807) is 0 Å². The first-order valence-electron chi connectivity index (χ1n) is 7.83. The standard InChI is InChI=1S/C15H26N2O4/c1-10-3-6-15(7-4-10,13(18)19)17-14(20)16-11(2)12-5-8-21-9-12/h10-12H,3-9H2,1-2H3,(H,18,19)(H2,16,17,20). The third-order valence-corrected chi connectivity index (χ3v) is 4.92. The van der Waals surface area contributed by atoms with Crippen molar-refractivity contribution in [3.05, 3.63) is 0 Å². The molecule has 2 aliphatic rings. The third-order valence-electron chi connectivity index (χ3n) is 4.92. The summed E-state index contributed by atoms with van der Waals surface area (Å²) in [6.07, 6.45) is 3.59. The van der Waals surface area contributed by atoms with Gasteiger partial charge >= 0.3 is 12.0 Å². The summed E-state index contributed by atoms with van der Waals surface area (Å²) in [5.41, 5.74) is -1.11. The molecule has 2 fully saturated rings. The molecule has 0 aromatic heterocycles. The Morgan fingerprint density at radius 2 is 1.95 bits per heavy atom. The zero-order valence-electron chi connectivity index (χ0n) is 12.9. The molecule has 1 aliphatic heterocycles. The highest BCUT2D eigenvalue weighted by atomic mass is 16.5. The summed E-state index contributed by atoms with van der Waals surface area (Å²) in [6, 6.07) is -0.396. The lowest BCUT2D eigenvalue weighted by molar-refractivity contribution is -0.146. The van der Waals surface area contributed by atoms with Crippen LogP contribution in [-0.2, 0) is 9.53 Å². The number of ether oxygens (including phenoxy) is 1. The molecule has 6 heteroatoms. The molecule has 1 heterocycles. The first-order chi connectivity index (χ1) is 9.93. The van der Waals surface area contributed by atoms with Gasteiger partial charge in [0.15, 0.2) is 0 Å². The van der Waals surface area contributed by atoms with E-state index in [0.29, 0.717) is 31.3 Å². The number of carbonyl (C=O) groups is 2. The summed E-state index contributed by atoms with van der Waals surface area (Å²) in [5.74, 6) is -0.0961. The Kier molecular flexibility index (Phi) is 5.08. The van der Waals surface area contributed by atoms with E-state index in [1.807, 2.05) is 6.92 Å². The first kappa shape index (κ1) is 16.1. The molecule has 2 atom stereocenters. The molecule has 120 valence electrons. The molecule has 0 spiro atoms. The number of urea groups is 1. The van der Waals surface area contributed by atoms with E-state index in [-0.39, 0.29) is 12.1 Å². The van der Waals surface area contributed by atoms with Crippen LogP contribution in [0.1, 0.15) is 46.0 Å². The van der Waals surface area contributed by atoms with E-state index in [1.165, 1.54) is 0 Å². The smallest absolute Gasteiger partial charge is 0.329 e. The number of carbonyl (C=O) groups excluding carboxylic acids is 1. The SMILES string of the molecule is CC1CCC(NC(=O)NC(C)C2CCOC2)(C(=O)O)CC1. The molecule has 6 nitrogen and oxygen atoms in total. The van der Waals surface area contributed by atoms with Crippen molar-refractivity contribution in [3.8, 4) is 0 Å². The van der Waals surface area contributed by atoms with E-state index >= 15 is 0 Å². The molecule has 2 unspecified atom stereocenters. The molecule has 0 aromatic rings. The van der Waals surface area contributed by atoms with Crippen molar-refractivity contribution in [1.82, 2.24) is 10.6 Å². The van der Waals surface area contributed by atoms with Gasteiger partial charge in [0.25, 0.3) is 0 Å². The lowest BCUT2D eigenvalue weighted by atomic mass is 9.77. The number of carboxylic acids is 1. The van der Waals surface area contributed by atoms with Gasteiger partial charge in [-0.25, -0.2) is 9.59 Å². The van der Waals surface area contributed by atoms with Crippen LogP contribution >= 0.6 is 0 Å². The molecule has 0 radical (unpaired) electrons. The topological polar surface area (TPSA) is 87.7 Å². The summed E-state index contributed by atoms with van der Waals surface area (Å²) >= 11 is 0. The highest BCUT2D eigenvalue weighted by Crippen LogP contribution is 2.32. The zero-order chi connectivity index (χ0) is 15.5. The monoisotopic (exact) mass is 298 g/mol. The van der Waals surface area contributed by atoms with Gasteiger partial charge in [-0.3, -0.25) is 0 Å². The molecule has 2 amide bonds. The number of aliphatic carboxylic acids is 1. The van der Waals surface area contributed by atoms with Crippen LogP contribution < -0.4 is 10.6 Å². The largest absolute Gasteiger partial charge is 0.480 e. The number of hydrogen-bond donors (Lipinski definition) is 3. The number of carboxylic acid groups (broad SMARTS) is 1. The minimum Gasteiger partial charge on any atom is -0.480 e. The number of nitrogens with one attached hydrogen (secondary N) is 2. The molecule has 3 N–H and O–H groups in total. The Hall–Kier alpha value is -1.30. The Morgan fingerprint density at radius 3 is 2.48 bits per heavy atom. The van der Waals surface area contributed by atoms with E-state index in [9.17, 15) is 14.7 Å². The Labute approximate surface area is 125 Å². The van der Waals surface area contributed by atoms with Crippen molar-refractivity contribution in [2.45, 2.75) is 57.5 Å². The fourth-order valence-corrected chi connectivity index (χ4v) is 3.17. The third kappa shape index (κ3) is 3.87. The van der Waals surface area contributed by atoms with Gasteiger partial charge in [0, 0.05) is 18.6 Å². The van der Waals surface area contributed by atoms with Crippen molar-refractivity contribution in [2.75, 3.05) is 13.2 Å². The van der Waals surface area contributed by atoms with Gasteiger partial charge in [-0.2, -0.15) is 0 Å². The summed E-state index contributed by atoms with van der Waals surface area (Å²) in [5, 5.41) is 15.1. The van der Waals surface area contributed by atoms with Gasteiger partial charge in [-0.1, -0.05) is 6.92 Å². The Bertz CT molecular complexity index is 385.